The molecule has 0 radical (unpaired) electrons. The Bertz CT molecular complexity index is 322. The van der Waals surface area contributed by atoms with Crippen LogP contribution >= 0.6 is 24.8 Å². The Morgan fingerprint density at radius 3 is 2.38 bits per heavy atom. The van der Waals surface area contributed by atoms with E-state index in [1.165, 1.54) is 19.3 Å². The maximum Gasteiger partial charge on any atom is 0.240 e. The molecular weight excluding hydrogens is 309 g/mol. The van der Waals surface area contributed by atoms with Gasteiger partial charge in [-0.25, -0.2) is 0 Å². The number of rotatable bonds is 3. The number of carbonyl (C=O) groups is 1. The molecule has 0 aromatic carbocycles. The third-order valence-electron chi connectivity index (χ3n) is 4.81. The Morgan fingerprint density at radius 1 is 1.19 bits per heavy atom. The summed E-state index contributed by atoms with van der Waals surface area (Å²) in [7, 11) is 2.17. The first kappa shape index (κ1) is 21.0. The summed E-state index contributed by atoms with van der Waals surface area (Å²) in [5.74, 6) is 0.192. The molecule has 2 rings (SSSR count). The molecule has 2 aliphatic rings. The van der Waals surface area contributed by atoms with Crippen LogP contribution in [-0.4, -0.2) is 54.0 Å². The summed E-state index contributed by atoms with van der Waals surface area (Å²) in [5.41, 5.74) is 6.16. The summed E-state index contributed by atoms with van der Waals surface area (Å²) in [6, 6.07) is -0.299. The second kappa shape index (κ2) is 9.19. The van der Waals surface area contributed by atoms with E-state index in [9.17, 15) is 4.79 Å². The van der Waals surface area contributed by atoms with Gasteiger partial charge in [0.05, 0.1) is 11.6 Å². The van der Waals surface area contributed by atoms with Crippen LogP contribution in [0.2, 0.25) is 0 Å². The molecule has 1 unspecified atom stereocenters. The van der Waals surface area contributed by atoms with E-state index in [1.54, 1.807) is 0 Å². The highest BCUT2D eigenvalue weighted by molar-refractivity contribution is 5.85. The minimum atomic E-state index is -0.299. The van der Waals surface area contributed by atoms with Gasteiger partial charge >= 0.3 is 0 Å². The molecule has 2 N–H and O–H groups in total. The molecule has 0 aromatic rings. The Morgan fingerprint density at radius 2 is 1.81 bits per heavy atom. The molecule has 1 aliphatic carbocycles. The van der Waals surface area contributed by atoms with Gasteiger partial charge in [0.15, 0.2) is 0 Å². The summed E-state index contributed by atoms with van der Waals surface area (Å²) >= 11 is 0. The van der Waals surface area contributed by atoms with Gasteiger partial charge in [-0.1, -0.05) is 32.6 Å². The van der Waals surface area contributed by atoms with Gasteiger partial charge in [-0.15, -0.1) is 24.8 Å². The number of amides is 1. The van der Waals surface area contributed by atoms with Crippen LogP contribution in [0.25, 0.3) is 0 Å². The normalized spacial score (nSPS) is 23.1. The highest BCUT2D eigenvalue weighted by Crippen LogP contribution is 2.36. The summed E-state index contributed by atoms with van der Waals surface area (Å²) in [6.45, 7) is 4.95. The van der Waals surface area contributed by atoms with Gasteiger partial charge in [0.2, 0.25) is 5.91 Å². The van der Waals surface area contributed by atoms with Gasteiger partial charge in [0, 0.05) is 19.6 Å². The Balaban J connectivity index is 0.00000200. The smallest absolute Gasteiger partial charge is 0.240 e. The first-order chi connectivity index (χ1) is 9.09. The molecule has 4 nitrogen and oxygen atoms in total. The lowest BCUT2D eigenvalue weighted by Crippen LogP contribution is -2.66. The molecule has 1 spiro atoms. The van der Waals surface area contributed by atoms with Crippen LogP contribution in [0.15, 0.2) is 0 Å². The second-order valence-electron chi connectivity index (χ2n) is 6.41. The average Bonchev–Trinajstić information content (AvgIpc) is 2.39. The van der Waals surface area contributed by atoms with E-state index >= 15 is 0 Å². The van der Waals surface area contributed by atoms with Crippen molar-refractivity contribution in [3.8, 4) is 0 Å². The van der Waals surface area contributed by atoms with E-state index in [4.69, 9.17) is 5.73 Å². The molecule has 2 fully saturated rings. The Labute approximate surface area is 141 Å². The zero-order valence-electron chi connectivity index (χ0n) is 13.3. The molecule has 6 heteroatoms. The number of carbonyl (C=O) groups excluding carboxylic acids is 1. The second-order valence-corrected chi connectivity index (χ2v) is 6.41. The van der Waals surface area contributed by atoms with Crippen molar-refractivity contribution >= 4 is 30.7 Å². The molecule has 1 saturated heterocycles. The molecule has 1 heterocycles. The van der Waals surface area contributed by atoms with Gasteiger partial charge in [-0.3, -0.25) is 4.79 Å². The van der Waals surface area contributed by atoms with Crippen LogP contribution in [0, 0.1) is 0 Å². The number of hydrogen-bond acceptors (Lipinski definition) is 3. The lowest BCUT2D eigenvalue weighted by molar-refractivity contribution is -0.145. The topological polar surface area (TPSA) is 49.6 Å². The van der Waals surface area contributed by atoms with E-state index in [1.807, 2.05) is 0 Å². The first-order valence-corrected chi connectivity index (χ1v) is 7.85. The van der Waals surface area contributed by atoms with E-state index in [0.29, 0.717) is 0 Å². The molecule has 1 amide bonds. The predicted molar refractivity (Wildman–Crippen MR) is 92.4 cm³/mol. The molecular formula is C15H31Cl2N3O. The summed E-state index contributed by atoms with van der Waals surface area (Å²) in [5, 5.41) is 0. The fourth-order valence-corrected chi connectivity index (χ4v) is 3.79. The highest BCUT2D eigenvalue weighted by atomic mass is 35.5. The quantitative estimate of drug-likeness (QED) is 0.858. The maximum absolute atomic E-state index is 12.7. The molecule has 0 bridgehead atoms. The zero-order valence-corrected chi connectivity index (χ0v) is 15.0. The third-order valence-corrected chi connectivity index (χ3v) is 4.81. The van der Waals surface area contributed by atoms with Crippen molar-refractivity contribution in [1.82, 2.24) is 9.80 Å². The average molecular weight is 340 g/mol. The van der Waals surface area contributed by atoms with E-state index in [2.05, 4.69) is 23.8 Å². The van der Waals surface area contributed by atoms with Crippen LogP contribution in [0.3, 0.4) is 0 Å². The maximum atomic E-state index is 12.7. The molecule has 1 atom stereocenters. The minimum Gasteiger partial charge on any atom is -0.333 e. The van der Waals surface area contributed by atoms with Gasteiger partial charge in [0.25, 0.3) is 0 Å². The summed E-state index contributed by atoms with van der Waals surface area (Å²) in [6.07, 6.45) is 7.91. The molecule has 1 aliphatic heterocycles. The Kier molecular flexibility index (Phi) is 9.17. The molecule has 0 aromatic heterocycles. The van der Waals surface area contributed by atoms with Crippen LogP contribution in [0.5, 0.6) is 0 Å². The SMILES string of the molecule is CCCC(N)C(=O)N1CCN(C)CC12CCCCC2.Cl.Cl. The van der Waals surface area contributed by atoms with Gasteiger partial charge in [-0.05, 0) is 26.3 Å². The fraction of sp³-hybridized carbons (Fsp3) is 0.933. The largest absolute Gasteiger partial charge is 0.333 e. The summed E-state index contributed by atoms with van der Waals surface area (Å²) in [4.78, 5) is 17.2. The van der Waals surface area contributed by atoms with E-state index in [0.717, 1.165) is 45.3 Å². The van der Waals surface area contributed by atoms with Gasteiger partial charge in [-0.2, -0.15) is 0 Å². The van der Waals surface area contributed by atoms with Crippen molar-refractivity contribution in [3.05, 3.63) is 0 Å². The predicted octanol–water partition coefficient (Wildman–Crippen LogP) is 2.43. The number of piperazine rings is 1. The number of likely N-dealkylation sites (N-methyl/N-ethyl adjacent to an activating group) is 1. The number of nitrogens with zero attached hydrogens (tertiary/aromatic N) is 2. The minimum absolute atomic E-state index is 0. The van der Waals surface area contributed by atoms with Crippen LogP contribution in [0.1, 0.15) is 51.9 Å². The number of nitrogens with two attached hydrogens (primary N) is 1. The Hall–Kier alpha value is -0.0300. The van der Waals surface area contributed by atoms with Crippen LogP contribution < -0.4 is 5.73 Å². The number of hydrogen-bond donors (Lipinski definition) is 1. The fourth-order valence-electron chi connectivity index (χ4n) is 3.79. The third kappa shape index (κ3) is 4.72. The molecule has 126 valence electrons. The van der Waals surface area contributed by atoms with E-state index in [-0.39, 0.29) is 42.3 Å². The monoisotopic (exact) mass is 339 g/mol. The van der Waals surface area contributed by atoms with Crippen molar-refractivity contribution in [1.29, 1.82) is 0 Å². The summed E-state index contributed by atoms with van der Waals surface area (Å²) < 4.78 is 0. The first-order valence-electron chi connectivity index (χ1n) is 7.85. The van der Waals surface area contributed by atoms with Crippen molar-refractivity contribution < 1.29 is 4.79 Å². The zero-order chi connectivity index (χ0) is 13.9. The van der Waals surface area contributed by atoms with Crippen molar-refractivity contribution in [2.45, 2.75) is 63.5 Å². The van der Waals surface area contributed by atoms with E-state index < -0.39 is 0 Å². The van der Waals surface area contributed by atoms with Gasteiger partial charge in [0.1, 0.15) is 0 Å². The standard InChI is InChI=1S/C15H29N3O.2ClH/c1-3-7-13(16)14(19)18-11-10-17(2)12-15(18)8-5-4-6-9-15;;/h13H,3-12,16H2,1-2H3;2*1H. The van der Waals surface area contributed by atoms with Crippen LogP contribution in [0.4, 0.5) is 0 Å². The van der Waals surface area contributed by atoms with Crippen LogP contribution in [-0.2, 0) is 4.79 Å². The lowest BCUT2D eigenvalue weighted by atomic mass is 9.78. The molecule has 1 saturated carbocycles. The van der Waals surface area contributed by atoms with Crippen molar-refractivity contribution in [3.63, 3.8) is 0 Å². The lowest BCUT2D eigenvalue weighted by Gasteiger charge is -2.52. The van der Waals surface area contributed by atoms with Crippen molar-refractivity contribution in [2.24, 2.45) is 5.73 Å². The van der Waals surface area contributed by atoms with Crippen molar-refractivity contribution in [2.75, 3.05) is 26.7 Å². The number of halogens is 2. The molecule has 21 heavy (non-hydrogen) atoms. The van der Waals surface area contributed by atoms with Gasteiger partial charge < -0.3 is 15.5 Å². The highest BCUT2D eigenvalue weighted by Gasteiger charge is 2.44.